The van der Waals surface area contributed by atoms with Gasteiger partial charge in [0.2, 0.25) is 0 Å². The molecule has 8 nitrogen and oxygen atoms in total. The zero-order chi connectivity index (χ0) is 24.2. The van der Waals surface area contributed by atoms with Gasteiger partial charge in [-0.2, -0.15) is 0 Å². The first kappa shape index (κ1) is 22.8. The van der Waals surface area contributed by atoms with E-state index in [4.69, 9.17) is 16.3 Å². The number of benzene rings is 3. The molecular weight excluding hydrogens is 463 g/mol. The molecule has 1 aromatic heterocycles. The fraction of sp³-hybridized carbons (Fsp3) is 0.0417. The lowest BCUT2D eigenvalue weighted by Crippen LogP contribution is -2.36. The van der Waals surface area contributed by atoms with Crippen molar-refractivity contribution in [2.45, 2.75) is 0 Å². The number of hydrogen-bond acceptors (Lipinski definition) is 4. The van der Waals surface area contributed by atoms with Gasteiger partial charge >= 0.3 is 11.8 Å². The van der Waals surface area contributed by atoms with E-state index < -0.39 is 23.5 Å². The molecule has 4 aromatic rings. The van der Waals surface area contributed by atoms with E-state index in [2.05, 4.69) is 16.1 Å². The number of fused-ring (bicyclic) bond motifs is 1. The van der Waals surface area contributed by atoms with Gasteiger partial charge in [0.1, 0.15) is 17.3 Å². The maximum atomic E-state index is 13.4. The first-order chi connectivity index (χ1) is 16.3. The maximum absolute atomic E-state index is 13.4. The first-order valence-corrected chi connectivity index (χ1v) is 10.4. The van der Waals surface area contributed by atoms with E-state index in [1.165, 1.54) is 36.1 Å². The molecule has 3 N–H and O–H groups in total. The summed E-state index contributed by atoms with van der Waals surface area (Å²) < 4.78 is 19.7. The normalized spacial score (nSPS) is 10.6. The molecule has 0 atom stereocenters. The number of aromatic nitrogens is 1. The fourth-order valence-electron chi connectivity index (χ4n) is 3.25. The van der Waals surface area contributed by atoms with Crippen LogP contribution in [0.25, 0.3) is 10.9 Å². The molecule has 0 spiro atoms. The van der Waals surface area contributed by atoms with Gasteiger partial charge in [0.25, 0.3) is 5.91 Å². The van der Waals surface area contributed by atoms with E-state index in [0.717, 1.165) is 6.07 Å². The Morgan fingerprint density at radius 2 is 1.65 bits per heavy atom. The zero-order valence-corrected chi connectivity index (χ0v) is 18.5. The average molecular weight is 481 g/mol. The second-order valence-corrected chi connectivity index (χ2v) is 7.59. The standard InChI is InChI=1S/C24H18ClFN4O4/c1-34-19-8-6-17(7-9-19)27-22(31)21-12-14-11-15(25)5-10-20(14)30(21)29-24(33)23(32)28-18-4-2-3-16(26)13-18/h2-13H,1H3,(H,27,31)(H,28,32)(H,29,33). The summed E-state index contributed by atoms with van der Waals surface area (Å²) in [5.74, 6) is -2.58. The van der Waals surface area contributed by atoms with Crippen molar-refractivity contribution in [2.24, 2.45) is 0 Å². The van der Waals surface area contributed by atoms with Crippen molar-refractivity contribution in [3.05, 3.63) is 89.3 Å². The molecule has 1 heterocycles. The molecule has 4 rings (SSSR count). The van der Waals surface area contributed by atoms with Crippen molar-refractivity contribution in [1.29, 1.82) is 0 Å². The van der Waals surface area contributed by atoms with Crippen molar-refractivity contribution in [1.82, 2.24) is 4.68 Å². The van der Waals surface area contributed by atoms with Gasteiger partial charge in [-0.25, -0.2) is 9.07 Å². The molecule has 0 bridgehead atoms. The Balaban J connectivity index is 1.61. The summed E-state index contributed by atoms with van der Waals surface area (Å²) in [5.41, 5.74) is 3.53. The summed E-state index contributed by atoms with van der Waals surface area (Å²) in [4.78, 5) is 38.0. The molecule has 0 radical (unpaired) electrons. The van der Waals surface area contributed by atoms with Crippen LogP contribution in [0.3, 0.4) is 0 Å². The van der Waals surface area contributed by atoms with E-state index in [0.29, 0.717) is 27.4 Å². The molecule has 0 aliphatic rings. The molecule has 0 saturated carbocycles. The molecule has 0 fully saturated rings. The van der Waals surface area contributed by atoms with E-state index >= 15 is 0 Å². The van der Waals surface area contributed by atoms with Crippen LogP contribution in [-0.2, 0) is 9.59 Å². The van der Waals surface area contributed by atoms with Crippen molar-refractivity contribution >= 4 is 51.6 Å². The Kier molecular flexibility index (Phi) is 6.46. The van der Waals surface area contributed by atoms with E-state index in [1.807, 2.05) is 0 Å². The predicted molar refractivity (Wildman–Crippen MR) is 127 cm³/mol. The summed E-state index contributed by atoms with van der Waals surface area (Å²) in [6.45, 7) is 0. The monoisotopic (exact) mass is 480 g/mol. The Labute approximate surface area is 198 Å². The fourth-order valence-corrected chi connectivity index (χ4v) is 3.43. The molecule has 3 aromatic carbocycles. The van der Waals surface area contributed by atoms with Gasteiger partial charge in [0.05, 0.1) is 12.6 Å². The van der Waals surface area contributed by atoms with Crippen LogP contribution in [0.2, 0.25) is 5.02 Å². The summed E-state index contributed by atoms with van der Waals surface area (Å²) in [6, 6.07) is 18.2. The highest BCUT2D eigenvalue weighted by Crippen LogP contribution is 2.24. The van der Waals surface area contributed by atoms with Gasteiger partial charge in [-0.1, -0.05) is 17.7 Å². The Morgan fingerprint density at radius 3 is 2.35 bits per heavy atom. The second kappa shape index (κ2) is 9.63. The largest absolute Gasteiger partial charge is 0.497 e. The summed E-state index contributed by atoms with van der Waals surface area (Å²) in [6.07, 6.45) is 0. The van der Waals surface area contributed by atoms with Gasteiger partial charge in [0.15, 0.2) is 0 Å². The van der Waals surface area contributed by atoms with Gasteiger partial charge in [-0.05, 0) is 66.7 Å². The van der Waals surface area contributed by atoms with Crippen molar-refractivity contribution in [3.63, 3.8) is 0 Å². The first-order valence-electron chi connectivity index (χ1n) is 9.98. The average Bonchev–Trinajstić information content (AvgIpc) is 3.17. The molecule has 0 unspecified atom stereocenters. The third-order valence-electron chi connectivity index (χ3n) is 4.85. The number of nitrogens with zero attached hydrogens (tertiary/aromatic N) is 1. The lowest BCUT2D eigenvalue weighted by molar-refractivity contribution is -0.133. The van der Waals surface area contributed by atoms with Gasteiger partial charge in [-0.3, -0.25) is 19.8 Å². The predicted octanol–water partition coefficient (Wildman–Crippen LogP) is 4.40. The number of rotatable bonds is 5. The number of halogens is 2. The number of amides is 3. The molecule has 0 aliphatic heterocycles. The lowest BCUT2D eigenvalue weighted by Gasteiger charge is -2.13. The van der Waals surface area contributed by atoms with E-state index in [-0.39, 0.29) is 11.4 Å². The van der Waals surface area contributed by atoms with Crippen molar-refractivity contribution in [2.75, 3.05) is 23.2 Å². The Morgan fingerprint density at radius 1 is 0.882 bits per heavy atom. The van der Waals surface area contributed by atoms with E-state index in [1.54, 1.807) is 42.5 Å². The highest BCUT2D eigenvalue weighted by atomic mass is 35.5. The van der Waals surface area contributed by atoms with Crippen LogP contribution in [0, 0.1) is 5.82 Å². The van der Waals surface area contributed by atoms with Crippen LogP contribution in [0.1, 0.15) is 10.5 Å². The third kappa shape index (κ3) is 5.00. The molecule has 0 aliphatic carbocycles. The Hall–Kier alpha value is -4.37. The minimum atomic E-state index is -1.06. The summed E-state index contributed by atoms with van der Waals surface area (Å²) >= 11 is 6.07. The molecule has 3 amide bonds. The van der Waals surface area contributed by atoms with Crippen LogP contribution in [0.5, 0.6) is 5.75 Å². The van der Waals surface area contributed by atoms with E-state index in [9.17, 15) is 18.8 Å². The molecule has 0 saturated heterocycles. The highest BCUT2D eigenvalue weighted by molar-refractivity contribution is 6.42. The number of hydrogen-bond donors (Lipinski definition) is 3. The molecule has 10 heteroatoms. The SMILES string of the molecule is COc1ccc(NC(=O)c2cc3cc(Cl)ccc3n2NC(=O)C(=O)Nc2cccc(F)c2)cc1. The lowest BCUT2D eigenvalue weighted by atomic mass is 10.2. The molecule has 172 valence electrons. The number of methoxy groups -OCH3 is 1. The minimum absolute atomic E-state index is 0.0555. The summed E-state index contributed by atoms with van der Waals surface area (Å²) in [7, 11) is 1.53. The van der Waals surface area contributed by atoms with Gasteiger partial charge < -0.3 is 15.4 Å². The molecular formula is C24H18ClFN4O4. The van der Waals surface area contributed by atoms with Crippen LogP contribution in [-0.4, -0.2) is 29.5 Å². The molecule has 34 heavy (non-hydrogen) atoms. The van der Waals surface area contributed by atoms with Crippen LogP contribution in [0.4, 0.5) is 15.8 Å². The minimum Gasteiger partial charge on any atom is -0.497 e. The zero-order valence-electron chi connectivity index (χ0n) is 17.8. The summed E-state index contributed by atoms with van der Waals surface area (Å²) in [5, 5.41) is 6.05. The number of carbonyl (C=O) groups excluding carboxylic acids is 3. The van der Waals surface area contributed by atoms with Gasteiger partial charge in [0, 0.05) is 21.8 Å². The maximum Gasteiger partial charge on any atom is 0.328 e. The second-order valence-electron chi connectivity index (χ2n) is 7.16. The third-order valence-corrected chi connectivity index (χ3v) is 5.08. The number of anilines is 2. The van der Waals surface area contributed by atoms with Crippen molar-refractivity contribution < 1.29 is 23.5 Å². The van der Waals surface area contributed by atoms with Gasteiger partial charge in [-0.15, -0.1) is 0 Å². The van der Waals surface area contributed by atoms with Crippen LogP contribution < -0.4 is 20.8 Å². The Bertz CT molecular complexity index is 1400. The topological polar surface area (TPSA) is 101 Å². The number of nitrogens with one attached hydrogen (secondary N) is 3. The smallest absolute Gasteiger partial charge is 0.328 e. The van der Waals surface area contributed by atoms with Crippen LogP contribution >= 0.6 is 11.6 Å². The van der Waals surface area contributed by atoms with Crippen LogP contribution in [0.15, 0.2) is 72.8 Å². The highest BCUT2D eigenvalue weighted by Gasteiger charge is 2.21. The quantitative estimate of drug-likeness (QED) is 0.368. The van der Waals surface area contributed by atoms with Crippen molar-refractivity contribution in [3.8, 4) is 5.75 Å². The number of carbonyl (C=O) groups is 3. The number of ether oxygens (including phenoxy) is 1.